The van der Waals surface area contributed by atoms with Crippen LogP contribution in [0.3, 0.4) is 0 Å². The molecule has 2 aromatic rings. The maximum atomic E-state index is 5.89. The van der Waals surface area contributed by atoms with E-state index in [0.29, 0.717) is 11.8 Å². The van der Waals surface area contributed by atoms with E-state index in [0.717, 1.165) is 31.0 Å². The Kier molecular flexibility index (Phi) is 4.77. The molecule has 1 aliphatic heterocycles. The summed E-state index contributed by atoms with van der Waals surface area (Å²) in [4.78, 5) is 4.45. The number of ether oxygens (including phenoxy) is 1. The van der Waals surface area contributed by atoms with Crippen molar-refractivity contribution >= 4 is 0 Å². The first-order valence-corrected chi connectivity index (χ1v) is 8.21. The summed E-state index contributed by atoms with van der Waals surface area (Å²) in [5.74, 6) is 2.10. The predicted octanol–water partition coefficient (Wildman–Crippen LogP) is 2.35. The quantitative estimate of drug-likeness (QED) is 0.880. The molecule has 0 unspecified atom stereocenters. The Hall–Kier alpha value is -1.73. The van der Waals surface area contributed by atoms with Crippen molar-refractivity contribution in [1.29, 1.82) is 0 Å². The summed E-state index contributed by atoms with van der Waals surface area (Å²) >= 11 is 0. The Balaban J connectivity index is 1.58. The van der Waals surface area contributed by atoms with Gasteiger partial charge in [0.1, 0.15) is 0 Å². The van der Waals surface area contributed by atoms with Gasteiger partial charge in [-0.25, -0.2) is 0 Å². The minimum absolute atomic E-state index is 0.0325. The van der Waals surface area contributed by atoms with Crippen LogP contribution in [0.1, 0.15) is 62.5 Å². The Bertz CT molecular complexity index is 636. The molecule has 0 amide bonds. The Labute approximate surface area is 136 Å². The third-order valence-electron chi connectivity index (χ3n) is 4.30. The number of aromatic nitrogens is 4. The maximum absolute atomic E-state index is 5.89. The number of hydrogen-bond donors (Lipinski definition) is 1. The highest BCUT2D eigenvalue weighted by Gasteiger charge is 2.31. The Morgan fingerprint density at radius 2 is 2.22 bits per heavy atom. The second-order valence-corrected chi connectivity index (χ2v) is 6.56. The lowest BCUT2D eigenvalue weighted by Crippen LogP contribution is -2.27. The van der Waals surface area contributed by atoms with Gasteiger partial charge in [-0.2, -0.15) is 10.1 Å². The highest BCUT2D eigenvalue weighted by molar-refractivity contribution is 5.11. The van der Waals surface area contributed by atoms with Crippen LogP contribution in [-0.4, -0.2) is 33.1 Å². The van der Waals surface area contributed by atoms with E-state index in [1.807, 2.05) is 31.0 Å². The van der Waals surface area contributed by atoms with Gasteiger partial charge in [-0.15, -0.1) is 0 Å². The van der Waals surface area contributed by atoms with E-state index in [2.05, 4.69) is 34.4 Å². The van der Waals surface area contributed by atoms with Crippen molar-refractivity contribution in [2.24, 2.45) is 13.0 Å². The zero-order chi connectivity index (χ0) is 16.4. The van der Waals surface area contributed by atoms with Gasteiger partial charge in [0.05, 0.1) is 18.3 Å². The molecule has 0 spiro atoms. The number of rotatable bonds is 6. The van der Waals surface area contributed by atoms with Crippen molar-refractivity contribution in [2.75, 3.05) is 13.2 Å². The summed E-state index contributed by atoms with van der Waals surface area (Å²) in [6.07, 6.45) is 5.07. The van der Waals surface area contributed by atoms with Gasteiger partial charge >= 0.3 is 0 Å². The topological polar surface area (TPSA) is 78.0 Å². The summed E-state index contributed by atoms with van der Waals surface area (Å²) in [5.41, 5.74) is 1.14. The molecule has 0 aliphatic carbocycles. The fraction of sp³-hybridized carbons (Fsp3) is 0.688. The van der Waals surface area contributed by atoms with E-state index in [4.69, 9.17) is 9.26 Å². The van der Waals surface area contributed by atoms with E-state index in [-0.39, 0.29) is 18.1 Å². The smallest absolute Gasteiger partial charge is 0.243 e. The summed E-state index contributed by atoms with van der Waals surface area (Å²) in [6, 6.07) is 0.0325. The van der Waals surface area contributed by atoms with Crippen molar-refractivity contribution < 1.29 is 9.26 Å². The SMILES string of the molecule is CC(C)c1noc([C@H](C)NC[C@@H]2CCO[C@@H]2c2cnn(C)c2)n1. The van der Waals surface area contributed by atoms with Gasteiger partial charge < -0.3 is 14.6 Å². The zero-order valence-corrected chi connectivity index (χ0v) is 14.2. The molecule has 7 nitrogen and oxygen atoms in total. The molecule has 1 N–H and O–H groups in total. The Morgan fingerprint density at radius 3 is 2.87 bits per heavy atom. The molecule has 3 rings (SSSR count). The molecule has 1 saturated heterocycles. The van der Waals surface area contributed by atoms with Crippen molar-refractivity contribution in [3.05, 3.63) is 29.7 Å². The number of nitrogens with one attached hydrogen (secondary N) is 1. The lowest BCUT2D eigenvalue weighted by molar-refractivity contribution is 0.0895. The van der Waals surface area contributed by atoms with Crippen molar-refractivity contribution in [3.63, 3.8) is 0 Å². The second-order valence-electron chi connectivity index (χ2n) is 6.56. The molecular formula is C16H25N5O2. The third kappa shape index (κ3) is 3.61. The summed E-state index contributed by atoms with van der Waals surface area (Å²) < 4.78 is 13.1. The zero-order valence-electron chi connectivity index (χ0n) is 14.2. The number of aryl methyl sites for hydroxylation is 1. The minimum atomic E-state index is 0.0325. The van der Waals surface area contributed by atoms with Crippen LogP contribution in [0.25, 0.3) is 0 Å². The molecule has 23 heavy (non-hydrogen) atoms. The number of hydrogen-bond acceptors (Lipinski definition) is 6. The van der Waals surface area contributed by atoms with E-state index >= 15 is 0 Å². The molecule has 1 aliphatic rings. The van der Waals surface area contributed by atoms with E-state index in [1.54, 1.807) is 0 Å². The highest BCUT2D eigenvalue weighted by Crippen LogP contribution is 2.34. The van der Waals surface area contributed by atoms with Gasteiger partial charge in [-0.1, -0.05) is 19.0 Å². The first-order valence-electron chi connectivity index (χ1n) is 8.21. The van der Waals surface area contributed by atoms with Gasteiger partial charge in [0, 0.05) is 43.8 Å². The molecule has 7 heteroatoms. The van der Waals surface area contributed by atoms with Crippen molar-refractivity contribution in [3.8, 4) is 0 Å². The highest BCUT2D eigenvalue weighted by atomic mass is 16.5. The summed E-state index contributed by atoms with van der Waals surface area (Å²) in [7, 11) is 1.93. The van der Waals surface area contributed by atoms with Gasteiger partial charge in [-0.3, -0.25) is 4.68 Å². The normalized spacial score (nSPS) is 22.8. The maximum Gasteiger partial charge on any atom is 0.243 e. The largest absolute Gasteiger partial charge is 0.373 e. The minimum Gasteiger partial charge on any atom is -0.373 e. The molecule has 1 fully saturated rings. The fourth-order valence-corrected chi connectivity index (χ4v) is 2.87. The molecule has 3 atom stereocenters. The molecule has 0 aromatic carbocycles. The van der Waals surface area contributed by atoms with Gasteiger partial charge in [-0.05, 0) is 13.3 Å². The second kappa shape index (κ2) is 6.80. The summed E-state index contributed by atoms with van der Waals surface area (Å²) in [6.45, 7) is 7.80. The van der Waals surface area contributed by atoms with Crippen LogP contribution < -0.4 is 5.32 Å². The fourth-order valence-electron chi connectivity index (χ4n) is 2.87. The average Bonchev–Trinajstić information content (AvgIpc) is 3.24. The summed E-state index contributed by atoms with van der Waals surface area (Å²) in [5, 5.41) is 11.8. The molecule has 0 radical (unpaired) electrons. The van der Waals surface area contributed by atoms with E-state index in [1.165, 1.54) is 0 Å². The number of nitrogens with zero attached hydrogens (tertiary/aromatic N) is 4. The molecule has 3 heterocycles. The van der Waals surface area contributed by atoms with Crippen molar-refractivity contribution in [2.45, 2.75) is 45.3 Å². The first-order chi connectivity index (χ1) is 11.0. The molecule has 126 valence electrons. The lowest BCUT2D eigenvalue weighted by atomic mass is 9.97. The molecular weight excluding hydrogens is 294 g/mol. The molecule has 0 saturated carbocycles. The first kappa shape index (κ1) is 16.1. The van der Waals surface area contributed by atoms with Gasteiger partial charge in [0.25, 0.3) is 0 Å². The van der Waals surface area contributed by atoms with Crippen LogP contribution in [0.2, 0.25) is 0 Å². The molecule has 0 bridgehead atoms. The van der Waals surface area contributed by atoms with Crippen LogP contribution in [0.15, 0.2) is 16.9 Å². The van der Waals surface area contributed by atoms with Gasteiger partial charge in [0.15, 0.2) is 5.82 Å². The average molecular weight is 319 g/mol. The predicted molar refractivity (Wildman–Crippen MR) is 84.8 cm³/mol. The monoisotopic (exact) mass is 319 g/mol. The van der Waals surface area contributed by atoms with Crippen molar-refractivity contribution in [1.82, 2.24) is 25.2 Å². The standard InChI is InChI=1S/C16H25N5O2/c1-10(2)15-19-16(23-20-15)11(3)17-7-12-5-6-22-14(12)13-8-18-21(4)9-13/h8-12,14,17H,5-7H2,1-4H3/t11-,12-,14-/m0/s1. The van der Waals surface area contributed by atoms with E-state index in [9.17, 15) is 0 Å². The van der Waals surface area contributed by atoms with Crippen LogP contribution in [-0.2, 0) is 11.8 Å². The van der Waals surface area contributed by atoms with Crippen LogP contribution in [0.4, 0.5) is 0 Å². The third-order valence-corrected chi connectivity index (χ3v) is 4.30. The van der Waals surface area contributed by atoms with Crippen LogP contribution in [0, 0.1) is 5.92 Å². The van der Waals surface area contributed by atoms with Crippen LogP contribution >= 0.6 is 0 Å². The lowest BCUT2D eigenvalue weighted by Gasteiger charge is -2.19. The Morgan fingerprint density at radius 1 is 1.39 bits per heavy atom. The van der Waals surface area contributed by atoms with Crippen LogP contribution in [0.5, 0.6) is 0 Å². The molecule has 2 aromatic heterocycles. The van der Waals surface area contributed by atoms with Gasteiger partial charge in [0.2, 0.25) is 5.89 Å². The van der Waals surface area contributed by atoms with E-state index < -0.39 is 0 Å².